The molecule has 0 saturated heterocycles. The maximum absolute atomic E-state index is 13.4. The number of hydrogen-bond donors (Lipinski definition) is 2. The summed E-state index contributed by atoms with van der Waals surface area (Å²) in [6.45, 7) is 2.55. The minimum absolute atomic E-state index is 0.0311. The van der Waals surface area contributed by atoms with Gasteiger partial charge in [-0.2, -0.15) is 0 Å². The number of carboxylic acid groups (broad SMARTS) is 1. The number of halogens is 1. The monoisotopic (exact) mass is 269 g/mol. The summed E-state index contributed by atoms with van der Waals surface area (Å²) in [5, 5.41) is 11.7. The van der Waals surface area contributed by atoms with Crippen LogP contribution in [0.5, 0.6) is 0 Å². The van der Waals surface area contributed by atoms with Gasteiger partial charge in [-0.25, -0.2) is 9.18 Å². The van der Waals surface area contributed by atoms with Crippen LogP contribution in [0.15, 0.2) is 18.2 Å². The van der Waals surface area contributed by atoms with E-state index >= 15 is 0 Å². The highest BCUT2D eigenvalue weighted by atomic mass is 19.1. The Bertz CT molecular complexity index is 462. The Morgan fingerprint density at radius 2 is 2.16 bits per heavy atom. The second kappa shape index (κ2) is 7.48. The lowest BCUT2D eigenvalue weighted by Crippen LogP contribution is -2.19. The van der Waals surface area contributed by atoms with Gasteiger partial charge in [-0.05, 0) is 25.1 Å². The molecular formula is C13H16FNO4. The van der Waals surface area contributed by atoms with Crippen LogP contribution < -0.4 is 5.32 Å². The Kier molecular flexibility index (Phi) is 5.95. The molecule has 1 rings (SSSR count). The van der Waals surface area contributed by atoms with Gasteiger partial charge in [0.25, 0.3) is 0 Å². The number of carbonyl (C=O) groups excluding carboxylic acids is 1. The third kappa shape index (κ3) is 5.05. The zero-order chi connectivity index (χ0) is 14.3. The molecule has 0 atom stereocenters. The number of esters is 1. The molecule has 2 N–H and O–H groups in total. The van der Waals surface area contributed by atoms with E-state index in [4.69, 9.17) is 9.84 Å². The number of carboxylic acids is 1. The molecule has 0 spiro atoms. The van der Waals surface area contributed by atoms with Gasteiger partial charge in [0.1, 0.15) is 5.82 Å². The molecule has 0 unspecified atom stereocenters. The minimum Gasteiger partial charge on any atom is -0.478 e. The first-order valence-electron chi connectivity index (χ1n) is 5.92. The van der Waals surface area contributed by atoms with Crippen molar-refractivity contribution < 1.29 is 23.8 Å². The number of carbonyl (C=O) groups is 2. The second-order valence-electron chi connectivity index (χ2n) is 3.84. The van der Waals surface area contributed by atoms with Crippen molar-refractivity contribution in [3.05, 3.63) is 35.1 Å². The molecule has 5 nitrogen and oxygen atoms in total. The molecule has 0 bridgehead atoms. The van der Waals surface area contributed by atoms with Crippen molar-refractivity contribution in [3.63, 3.8) is 0 Å². The molecule has 0 aliphatic rings. The van der Waals surface area contributed by atoms with Crippen LogP contribution in [0.4, 0.5) is 4.39 Å². The largest absolute Gasteiger partial charge is 0.478 e. The van der Waals surface area contributed by atoms with Crippen LogP contribution in [0.1, 0.15) is 29.3 Å². The molecule has 0 aromatic heterocycles. The van der Waals surface area contributed by atoms with E-state index in [1.165, 1.54) is 12.1 Å². The van der Waals surface area contributed by atoms with Gasteiger partial charge in [0.05, 0.1) is 18.6 Å². The molecule has 19 heavy (non-hydrogen) atoms. The lowest BCUT2D eigenvalue weighted by Gasteiger charge is -2.07. The van der Waals surface area contributed by atoms with Crippen LogP contribution in [-0.4, -0.2) is 30.2 Å². The molecule has 6 heteroatoms. The highest BCUT2D eigenvalue weighted by Crippen LogP contribution is 2.10. The summed E-state index contributed by atoms with van der Waals surface area (Å²) >= 11 is 0. The van der Waals surface area contributed by atoms with Gasteiger partial charge in [0.2, 0.25) is 0 Å². The molecule has 1 aromatic carbocycles. The van der Waals surface area contributed by atoms with Gasteiger partial charge in [-0.15, -0.1) is 0 Å². The smallest absolute Gasteiger partial charge is 0.335 e. The summed E-state index contributed by atoms with van der Waals surface area (Å²) in [7, 11) is 0. The Hall–Kier alpha value is -1.95. The molecule has 0 heterocycles. The Labute approximate surface area is 110 Å². The SMILES string of the molecule is CCOC(=O)CCNCc1cc(C(=O)O)ccc1F. The van der Waals surface area contributed by atoms with Crippen LogP contribution in [0.2, 0.25) is 0 Å². The summed E-state index contributed by atoms with van der Waals surface area (Å²) < 4.78 is 18.2. The molecule has 1 aromatic rings. The summed E-state index contributed by atoms with van der Waals surface area (Å²) in [6.07, 6.45) is 0.189. The van der Waals surface area contributed by atoms with Crippen molar-refractivity contribution >= 4 is 11.9 Å². The second-order valence-corrected chi connectivity index (χ2v) is 3.84. The summed E-state index contributed by atoms with van der Waals surface area (Å²) in [5.74, 6) is -1.91. The zero-order valence-corrected chi connectivity index (χ0v) is 10.6. The van der Waals surface area contributed by atoms with Crippen molar-refractivity contribution in [3.8, 4) is 0 Å². The lowest BCUT2D eigenvalue weighted by atomic mass is 10.1. The van der Waals surface area contributed by atoms with Crippen molar-refractivity contribution in [2.24, 2.45) is 0 Å². The average molecular weight is 269 g/mol. The van der Waals surface area contributed by atoms with Crippen LogP contribution in [0.25, 0.3) is 0 Å². The first kappa shape index (κ1) is 15.1. The Morgan fingerprint density at radius 3 is 2.79 bits per heavy atom. The third-order valence-electron chi connectivity index (χ3n) is 2.42. The highest BCUT2D eigenvalue weighted by molar-refractivity contribution is 5.87. The van der Waals surface area contributed by atoms with Gasteiger partial charge < -0.3 is 15.2 Å². The maximum atomic E-state index is 13.4. The van der Waals surface area contributed by atoms with Crippen molar-refractivity contribution in [1.29, 1.82) is 0 Å². The fraction of sp³-hybridized carbons (Fsp3) is 0.385. The molecule has 0 amide bonds. The Morgan fingerprint density at radius 1 is 1.42 bits per heavy atom. The topological polar surface area (TPSA) is 75.6 Å². The molecule has 0 saturated carbocycles. The summed E-state index contributed by atoms with van der Waals surface area (Å²) in [6, 6.07) is 3.60. The van der Waals surface area contributed by atoms with Gasteiger partial charge >= 0.3 is 11.9 Å². The number of hydrogen-bond acceptors (Lipinski definition) is 4. The summed E-state index contributed by atoms with van der Waals surface area (Å²) in [4.78, 5) is 21.8. The summed E-state index contributed by atoms with van der Waals surface area (Å²) in [5.41, 5.74) is 0.285. The zero-order valence-electron chi connectivity index (χ0n) is 10.6. The van der Waals surface area contributed by atoms with E-state index in [0.29, 0.717) is 13.2 Å². The van der Waals surface area contributed by atoms with E-state index < -0.39 is 11.8 Å². The standard InChI is InChI=1S/C13H16FNO4/c1-2-19-12(16)5-6-15-8-10-7-9(13(17)18)3-4-11(10)14/h3-4,7,15H,2,5-6,8H2,1H3,(H,17,18). The molecule has 0 fully saturated rings. The molecular weight excluding hydrogens is 253 g/mol. The lowest BCUT2D eigenvalue weighted by molar-refractivity contribution is -0.142. The van der Waals surface area contributed by atoms with E-state index in [9.17, 15) is 14.0 Å². The predicted octanol–water partition coefficient (Wildman–Crippen LogP) is 1.57. The van der Waals surface area contributed by atoms with Crippen LogP contribution in [-0.2, 0) is 16.1 Å². The first-order chi connectivity index (χ1) is 9.04. The van der Waals surface area contributed by atoms with E-state index in [2.05, 4.69) is 5.32 Å². The van der Waals surface area contributed by atoms with E-state index in [-0.39, 0.29) is 30.1 Å². The molecule has 0 aliphatic carbocycles. The van der Waals surface area contributed by atoms with Gasteiger partial charge in [0, 0.05) is 18.7 Å². The first-order valence-corrected chi connectivity index (χ1v) is 5.92. The number of ether oxygens (including phenoxy) is 1. The minimum atomic E-state index is -1.10. The maximum Gasteiger partial charge on any atom is 0.335 e. The van der Waals surface area contributed by atoms with Crippen molar-refractivity contribution in [1.82, 2.24) is 5.32 Å². The average Bonchev–Trinajstić information content (AvgIpc) is 2.36. The van der Waals surface area contributed by atoms with Crippen LogP contribution in [0.3, 0.4) is 0 Å². The number of rotatable bonds is 7. The molecule has 104 valence electrons. The fourth-order valence-corrected chi connectivity index (χ4v) is 1.49. The van der Waals surface area contributed by atoms with Crippen molar-refractivity contribution in [2.75, 3.05) is 13.2 Å². The van der Waals surface area contributed by atoms with Crippen LogP contribution >= 0.6 is 0 Å². The number of nitrogens with one attached hydrogen (secondary N) is 1. The molecule has 0 aliphatic heterocycles. The number of aromatic carboxylic acids is 1. The van der Waals surface area contributed by atoms with Crippen molar-refractivity contribution in [2.45, 2.75) is 19.9 Å². The number of benzene rings is 1. The highest BCUT2D eigenvalue weighted by Gasteiger charge is 2.08. The van der Waals surface area contributed by atoms with Gasteiger partial charge in [-0.3, -0.25) is 4.79 Å². The third-order valence-corrected chi connectivity index (χ3v) is 2.42. The molecule has 0 radical (unpaired) electrons. The predicted molar refractivity (Wildman–Crippen MR) is 66.3 cm³/mol. The quantitative estimate of drug-likeness (QED) is 0.580. The van der Waals surface area contributed by atoms with Gasteiger partial charge in [0.15, 0.2) is 0 Å². The fourth-order valence-electron chi connectivity index (χ4n) is 1.49. The van der Waals surface area contributed by atoms with Gasteiger partial charge in [-0.1, -0.05) is 0 Å². The Balaban J connectivity index is 2.46. The van der Waals surface area contributed by atoms with Crippen LogP contribution in [0, 0.1) is 5.82 Å². The van der Waals surface area contributed by atoms with E-state index in [1.807, 2.05) is 0 Å². The normalized spacial score (nSPS) is 10.2. The van der Waals surface area contributed by atoms with E-state index in [1.54, 1.807) is 6.92 Å². The van der Waals surface area contributed by atoms with E-state index in [0.717, 1.165) is 6.07 Å².